The van der Waals surface area contributed by atoms with E-state index in [1.165, 1.54) is 51.4 Å². The summed E-state index contributed by atoms with van der Waals surface area (Å²) in [6.07, 6.45) is 13.2. The lowest BCUT2D eigenvalue weighted by Crippen LogP contribution is -2.15. The lowest BCUT2D eigenvalue weighted by Gasteiger charge is -2.13. The van der Waals surface area contributed by atoms with Crippen LogP contribution < -0.4 is 4.74 Å². The van der Waals surface area contributed by atoms with Crippen molar-refractivity contribution in [2.75, 3.05) is 6.61 Å². The second kappa shape index (κ2) is 14.1. The Morgan fingerprint density at radius 2 is 1.43 bits per heavy atom. The number of unbranched alkanes of at least 4 members (excludes halogenated alkanes) is 8. The number of rotatable bonds is 15. The first-order chi connectivity index (χ1) is 14.6. The summed E-state index contributed by atoms with van der Waals surface area (Å²) in [5.74, 6) is 0.662. The van der Waals surface area contributed by atoms with E-state index >= 15 is 0 Å². The van der Waals surface area contributed by atoms with Crippen LogP contribution in [0.5, 0.6) is 5.75 Å². The van der Waals surface area contributed by atoms with Crippen molar-refractivity contribution >= 4 is 16.7 Å². The zero-order valence-corrected chi connectivity index (χ0v) is 19.3. The van der Waals surface area contributed by atoms with Gasteiger partial charge in [-0.25, -0.2) is 4.79 Å². The van der Waals surface area contributed by atoms with Crippen LogP contribution in [0.15, 0.2) is 36.4 Å². The molecule has 3 nitrogen and oxygen atoms in total. The summed E-state index contributed by atoms with van der Waals surface area (Å²) >= 11 is 0. The van der Waals surface area contributed by atoms with Gasteiger partial charge >= 0.3 is 5.97 Å². The molecule has 0 saturated heterocycles. The molecule has 2 rings (SSSR count). The first-order valence-corrected chi connectivity index (χ1v) is 12.0. The SMILES string of the molecule is CCCCCCCCOc1ccc2cc(C(=O)O[C@@H](C)CCCCCC)ccc2c1. The smallest absolute Gasteiger partial charge is 0.338 e. The van der Waals surface area contributed by atoms with Crippen LogP contribution in [0.1, 0.15) is 102 Å². The standard InChI is InChI=1S/C27H40O3/c1-4-6-8-10-11-13-19-29-26-18-17-23-20-25(16-15-24(23)21-26)27(28)30-22(3)14-12-9-7-5-2/h15-18,20-22H,4-14,19H2,1-3H3/t22-/m0/s1. The molecule has 2 aromatic rings. The molecule has 0 aliphatic heterocycles. The van der Waals surface area contributed by atoms with Crippen LogP contribution in [0, 0.1) is 0 Å². The zero-order valence-electron chi connectivity index (χ0n) is 19.3. The van der Waals surface area contributed by atoms with Crippen molar-refractivity contribution in [2.24, 2.45) is 0 Å². The molecule has 1 atom stereocenters. The fourth-order valence-electron chi connectivity index (χ4n) is 3.68. The molecule has 0 heterocycles. The van der Waals surface area contributed by atoms with Crippen molar-refractivity contribution in [1.82, 2.24) is 0 Å². The van der Waals surface area contributed by atoms with E-state index < -0.39 is 0 Å². The van der Waals surface area contributed by atoms with Gasteiger partial charge in [0.2, 0.25) is 0 Å². The van der Waals surface area contributed by atoms with E-state index in [4.69, 9.17) is 9.47 Å². The second-order valence-corrected chi connectivity index (χ2v) is 8.41. The minimum Gasteiger partial charge on any atom is -0.494 e. The Hall–Kier alpha value is -2.03. The summed E-state index contributed by atoms with van der Waals surface area (Å²) in [5.41, 5.74) is 0.614. The van der Waals surface area contributed by atoms with Gasteiger partial charge in [-0.2, -0.15) is 0 Å². The highest BCUT2D eigenvalue weighted by molar-refractivity contribution is 5.95. The highest BCUT2D eigenvalue weighted by Crippen LogP contribution is 2.23. The maximum atomic E-state index is 12.5. The van der Waals surface area contributed by atoms with Gasteiger partial charge in [0.15, 0.2) is 0 Å². The van der Waals surface area contributed by atoms with Gasteiger partial charge in [0.25, 0.3) is 0 Å². The van der Waals surface area contributed by atoms with Crippen LogP contribution in [0.4, 0.5) is 0 Å². The van der Waals surface area contributed by atoms with Gasteiger partial charge in [-0.05, 0) is 61.2 Å². The molecule has 3 heteroatoms. The van der Waals surface area contributed by atoms with E-state index in [1.54, 1.807) is 0 Å². The highest BCUT2D eigenvalue weighted by atomic mass is 16.5. The van der Waals surface area contributed by atoms with E-state index in [1.807, 2.05) is 37.3 Å². The van der Waals surface area contributed by atoms with Crippen molar-refractivity contribution in [3.05, 3.63) is 42.0 Å². The lowest BCUT2D eigenvalue weighted by molar-refractivity contribution is 0.0319. The van der Waals surface area contributed by atoms with Gasteiger partial charge in [0, 0.05) is 0 Å². The van der Waals surface area contributed by atoms with Crippen LogP contribution >= 0.6 is 0 Å². The molecular formula is C27H40O3. The van der Waals surface area contributed by atoms with E-state index in [0.29, 0.717) is 5.56 Å². The van der Waals surface area contributed by atoms with Crippen molar-refractivity contribution in [3.63, 3.8) is 0 Å². The van der Waals surface area contributed by atoms with Crippen LogP contribution in [-0.4, -0.2) is 18.7 Å². The van der Waals surface area contributed by atoms with E-state index in [0.717, 1.165) is 42.4 Å². The number of hydrogen-bond donors (Lipinski definition) is 0. The zero-order chi connectivity index (χ0) is 21.6. The number of carbonyl (C=O) groups excluding carboxylic acids is 1. The quantitative estimate of drug-likeness (QED) is 0.219. The molecule has 0 N–H and O–H groups in total. The number of carbonyl (C=O) groups is 1. The number of benzene rings is 2. The predicted molar refractivity (Wildman–Crippen MR) is 126 cm³/mol. The molecule has 0 unspecified atom stereocenters. The van der Waals surface area contributed by atoms with Crippen molar-refractivity contribution in [2.45, 2.75) is 97.5 Å². The molecule has 0 spiro atoms. The van der Waals surface area contributed by atoms with Crippen LogP contribution in [0.3, 0.4) is 0 Å². The fourth-order valence-corrected chi connectivity index (χ4v) is 3.68. The fraction of sp³-hybridized carbons (Fsp3) is 0.593. The minimum atomic E-state index is -0.233. The molecule has 0 radical (unpaired) electrons. The molecule has 30 heavy (non-hydrogen) atoms. The normalized spacial score (nSPS) is 12.1. The third kappa shape index (κ3) is 8.77. The van der Waals surface area contributed by atoms with E-state index in [2.05, 4.69) is 19.9 Å². The summed E-state index contributed by atoms with van der Waals surface area (Å²) < 4.78 is 11.5. The van der Waals surface area contributed by atoms with Crippen LogP contribution in [-0.2, 0) is 4.74 Å². The van der Waals surface area contributed by atoms with Crippen molar-refractivity contribution in [3.8, 4) is 5.75 Å². The number of hydrogen-bond acceptors (Lipinski definition) is 3. The maximum Gasteiger partial charge on any atom is 0.338 e. The minimum absolute atomic E-state index is 0.0391. The lowest BCUT2D eigenvalue weighted by atomic mass is 10.1. The predicted octanol–water partition coefficient (Wildman–Crippen LogP) is 8.09. The molecule has 0 amide bonds. The van der Waals surface area contributed by atoms with Gasteiger partial charge in [-0.3, -0.25) is 0 Å². The average molecular weight is 413 g/mol. The summed E-state index contributed by atoms with van der Waals surface area (Å²) in [6, 6.07) is 11.8. The monoisotopic (exact) mass is 412 g/mol. The second-order valence-electron chi connectivity index (χ2n) is 8.41. The van der Waals surface area contributed by atoms with Crippen LogP contribution in [0.2, 0.25) is 0 Å². The highest BCUT2D eigenvalue weighted by Gasteiger charge is 2.12. The van der Waals surface area contributed by atoms with Gasteiger partial charge in [-0.15, -0.1) is 0 Å². The van der Waals surface area contributed by atoms with Gasteiger partial charge in [0.1, 0.15) is 5.75 Å². The molecule has 0 aliphatic carbocycles. The van der Waals surface area contributed by atoms with E-state index in [9.17, 15) is 4.79 Å². The molecule has 0 aliphatic rings. The third-order valence-electron chi connectivity index (χ3n) is 5.59. The van der Waals surface area contributed by atoms with Crippen molar-refractivity contribution < 1.29 is 14.3 Å². The summed E-state index contributed by atoms with van der Waals surface area (Å²) in [4.78, 5) is 12.5. The molecule has 0 fully saturated rings. The number of fused-ring (bicyclic) bond motifs is 1. The van der Waals surface area contributed by atoms with Crippen LogP contribution in [0.25, 0.3) is 10.8 Å². The molecule has 0 bridgehead atoms. The average Bonchev–Trinajstić information content (AvgIpc) is 2.75. The summed E-state index contributed by atoms with van der Waals surface area (Å²) in [6.45, 7) is 7.19. The summed E-state index contributed by atoms with van der Waals surface area (Å²) in [7, 11) is 0. The Balaban J connectivity index is 1.81. The molecule has 2 aromatic carbocycles. The van der Waals surface area contributed by atoms with Crippen molar-refractivity contribution in [1.29, 1.82) is 0 Å². The number of esters is 1. The van der Waals surface area contributed by atoms with Gasteiger partial charge in [-0.1, -0.05) is 77.3 Å². The Morgan fingerprint density at radius 3 is 2.20 bits per heavy atom. The Labute approximate surface area is 183 Å². The molecule has 166 valence electrons. The topological polar surface area (TPSA) is 35.5 Å². The largest absolute Gasteiger partial charge is 0.494 e. The number of ether oxygens (including phenoxy) is 2. The molecular weight excluding hydrogens is 372 g/mol. The Kier molecular flexibility index (Phi) is 11.4. The third-order valence-corrected chi connectivity index (χ3v) is 5.59. The molecule has 0 saturated carbocycles. The Bertz CT molecular complexity index is 753. The van der Waals surface area contributed by atoms with Gasteiger partial charge in [0.05, 0.1) is 18.3 Å². The molecule has 0 aromatic heterocycles. The first kappa shape index (κ1) is 24.2. The maximum absolute atomic E-state index is 12.5. The Morgan fingerprint density at radius 1 is 0.800 bits per heavy atom. The summed E-state index contributed by atoms with van der Waals surface area (Å²) in [5, 5.41) is 2.12. The van der Waals surface area contributed by atoms with E-state index in [-0.39, 0.29) is 12.1 Å². The van der Waals surface area contributed by atoms with Gasteiger partial charge < -0.3 is 9.47 Å². The first-order valence-electron chi connectivity index (χ1n) is 12.0.